The van der Waals surface area contributed by atoms with Gasteiger partial charge < -0.3 is 19.2 Å². The number of aromatic nitrogens is 1. The Balaban J connectivity index is 1.61. The van der Waals surface area contributed by atoms with Crippen LogP contribution in [0.25, 0.3) is 0 Å². The van der Waals surface area contributed by atoms with Gasteiger partial charge >= 0.3 is 0 Å². The van der Waals surface area contributed by atoms with Crippen molar-refractivity contribution in [2.45, 2.75) is 13.2 Å². The molecule has 0 fully saturated rings. The molecular weight excluding hydrogens is 348 g/mol. The highest BCUT2D eigenvalue weighted by molar-refractivity contribution is 5.91. The fourth-order valence-electron chi connectivity index (χ4n) is 2.31. The van der Waals surface area contributed by atoms with Gasteiger partial charge in [-0.25, -0.2) is 0 Å². The number of amides is 1. The predicted octanol–water partition coefficient (Wildman–Crippen LogP) is 2.55. The summed E-state index contributed by atoms with van der Waals surface area (Å²) in [6.07, 6.45) is 2.77. The van der Waals surface area contributed by atoms with E-state index in [-0.39, 0.29) is 24.7 Å². The minimum Gasteiger partial charge on any atom is -0.497 e. The van der Waals surface area contributed by atoms with Gasteiger partial charge in [-0.1, -0.05) is 18.2 Å². The Morgan fingerprint density at radius 2 is 2.07 bits per heavy atom. The molecule has 0 unspecified atom stereocenters. The van der Waals surface area contributed by atoms with Gasteiger partial charge in [0.2, 0.25) is 11.2 Å². The minimum atomic E-state index is -0.503. The summed E-state index contributed by atoms with van der Waals surface area (Å²) in [4.78, 5) is 28.4. The molecule has 138 valence electrons. The van der Waals surface area contributed by atoms with Crippen molar-refractivity contribution in [2.75, 3.05) is 7.11 Å². The lowest BCUT2D eigenvalue weighted by atomic mass is 10.2. The minimum absolute atomic E-state index is 0.0269. The molecule has 0 bridgehead atoms. The van der Waals surface area contributed by atoms with Crippen LogP contribution in [0.15, 0.2) is 70.2 Å². The Morgan fingerprint density at radius 1 is 1.19 bits per heavy atom. The van der Waals surface area contributed by atoms with Crippen molar-refractivity contribution in [3.63, 3.8) is 0 Å². The van der Waals surface area contributed by atoms with Gasteiger partial charge in [0.05, 0.1) is 19.3 Å². The number of hydrogen-bond acceptors (Lipinski definition) is 6. The smallest absolute Gasteiger partial charge is 0.287 e. The Morgan fingerprint density at radius 3 is 2.81 bits per heavy atom. The molecule has 0 saturated heterocycles. The first kappa shape index (κ1) is 18.2. The van der Waals surface area contributed by atoms with Crippen LogP contribution in [-0.2, 0) is 13.2 Å². The van der Waals surface area contributed by atoms with Gasteiger partial charge in [-0.05, 0) is 29.8 Å². The van der Waals surface area contributed by atoms with Gasteiger partial charge in [0.25, 0.3) is 5.91 Å². The Hall–Kier alpha value is -3.61. The zero-order chi connectivity index (χ0) is 19.1. The molecule has 0 aliphatic rings. The van der Waals surface area contributed by atoms with Crippen LogP contribution in [0.1, 0.15) is 21.8 Å². The zero-order valence-corrected chi connectivity index (χ0v) is 14.7. The van der Waals surface area contributed by atoms with Crippen LogP contribution in [0.3, 0.4) is 0 Å². The maximum Gasteiger partial charge on any atom is 0.287 e. The van der Waals surface area contributed by atoms with Crippen LogP contribution < -0.4 is 20.2 Å². The maximum absolute atomic E-state index is 12.2. The summed E-state index contributed by atoms with van der Waals surface area (Å²) in [5, 5.41) is 2.64. The average molecular weight is 366 g/mol. The number of pyridine rings is 1. The first-order chi connectivity index (χ1) is 13.2. The molecule has 0 aliphatic carbocycles. The molecule has 1 N–H and O–H groups in total. The number of rotatable bonds is 7. The van der Waals surface area contributed by atoms with Crippen molar-refractivity contribution in [1.29, 1.82) is 0 Å². The molecule has 3 rings (SSSR count). The summed E-state index contributed by atoms with van der Waals surface area (Å²) in [6, 6.07) is 13.8. The number of nitrogens with one attached hydrogen (secondary N) is 1. The second-order valence-corrected chi connectivity index (χ2v) is 5.62. The Kier molecular flexibility index (Phi) is 5.84. The van der Waals surface area contributed by atoms with Crippen LogP contribution in [0.4, 0.5) is 0 Å². The normalized spacial score (nSPS) is 10.3. The molecule has 2 heterocycles. The molecular formula is C20H18N2O5. The highest BCUT2D eigenvalue weighted by Gasteiger charge is 2.12. The molecule has 3 aromatic rings. The van der Waals surface area contributed by atoms with Crippen LogP contribution in [0.5, 0.6) is 11.5 Å². The first-order valence-corrected chi connectivity index (χ1v) is 8.22. The number of methoxy groups -OCH3 is 1. The van der Waals surface area contributed by atoms with Crippen molar-refractivity contribution in [3.05, 3.63) is 88.2 Å². The summed E-state index contributed by atoms with van der Waals surface area (Å²) >= 11 is 0. The van der Waals surface area contributed by atoms with Crippen LogP contribution in [0, 0.1) is 0 Å². The lowest BCUT2D eigenvalue weighted by molar-refractivity contribution is 0.0919. The van der Waals surface area contributed by atoms with E-state index in [1.54, 1.807) is 31.5 Å². The average Bonchev–Trinajstić information content (AvgIpc) is 2.72. The summed E-state index contributed by atoms with van der Waals surface area (Å²) < 4.78 is 15.9. The maximum atomic E-state index is 12.2. The van der Waals surface area contributed by atoms with Crippen LogP contribution in [-0.4, -0.2) is 18.0 Å². The first-order valence-electron chi connectivity index (χ1n) is 8.22. The van der Waals surface area contributed by atoms with Gasteiger partial charge in [-0.3, -0.25) is 14.6 Å². The second kappa shape index (κ2) is 8.66. The molecule has 7 nitrogen and oxygen atoms in total. The van der Waals surface area contributed by atoms with E-state index >= 15 is 0 Å². The van der Waals surface area contributed by atoms with E-state index in [1.807, 2.05) is 24.3 Å². The molecule has 2 aromatic heterocycles. The van der Waals surface area contributed by atoms with Gasteiger partial charge in [-0.2, -0.15) is 0 Å². The number of hydrogen-bond donors (Lipinski definition) is 1. The van der Waals surface area contributed by atoms with Gasteiger partial charge in [0.15, 0.2) is 5.76 Å². The lowest BCUT2D eigenvalue weighted by Crippen LogP contribution is -2.24. The quantitative estimate of drug-likeness (QED) is 0.691. The van der Waals surface area contributed by atoms with Gasteiger partial charge in [0.1, 0.15) is 18.6 Å². The Labute approximate surface area is 155 Å². The van der Waals surface area contributed by atoms with E-state index in [2.05, 4.69) is 10.3 Å². The molecule has 0 spiro atoms. The topological polar surface area (TPSA) is 90.7 Å². The number of carbonyl (C=O) groups excluding carboxylic acids is 1. The van der Waals surface area contributed by atoms with E-state index < -0.39 is 11.3 Å². The molecule has 0 atom stereocenters. The van der Waals surface area contributed by atoms with Gasteiger partial charge in [0, 0.05) is 12.3 Å². The van der Waals surface area contributed by atoms with Crippen molar-refractivity contribution in [1.82, 2.24) is 10.3 Å². The standard InChI is InChI=1S/C20H18N2O5/c1-25-16-7-4-5-14(9-16)12-26-19-13-27-18(10-17(19)23)20(24)22-11-15-6-2-3-8-21-15/h2-10,13H,11-12H2,1H3,(H,22,24). The zero-order valence-electron chi connectivity index (χ0n) is 14.7. The van der Waals surface area contributed by atoms with Crippen molar-refractivity contribution in [2.24, 2.45) is 0 Å². The molecule has 0 radical (unpaired) electrons. The summed E-state index contributed by atoms with van der Waals surface area (Å²) in [6.45, 7) is 0.407. The molecule has 7 heteroatoms. The molecule has 1 aromatic carbocycles. The monoisotopic (exact) mass is 366 g/mol. The summed E-state index contributed by atoms with van der Waals surface area (Å²) in [5.74, 6) is 0.129. The van der Waals surface area contributed by atoms with E-state index in [4.69, 9.17) is 13.9 Å². The SMILES string of the molecule is COc1cccc(COc2coc(C(=O)NCc3ccccn3)cc2=O)c1. The van der Waals surface area contributed by atoms with Crippen LogP contribution >= 0.6 is 0 Å². The van der Waals surface area contributed by atoms with E-state index in [0.717, 1.165) is 17.9 Å². The Bertz CT molecular complexity index is 969. The summed E-state index contributed by atoms with van der Waals surface area (Å²) in [5.41, 5.74) is 1.10. The fraction of sp³-hybridized carbons (Fsp3) is 0.150. The largest absolute Gasteiger partial charge is 0.497 e. The highest BCUT2D eigenvalue weighted by Crippen LogP contribution is 2.15. The van der Waals surface area contributed by atoms with Crippen molar-refractivity contribution < 1.29 is 18.7 Å². The van der Waals surface area contributed by atoms with Crippen LogP contribution in [0.2, 0.25) is 0 Å². The van der Waals surface area contributed by atoms with Crippen molar-refractivity contribution in [3.8, 4) is 11.5 Å². The number of ether oxygens (including phenoxy) is 2. The number of nitrogens with zero attached hydrogens (tertiary/aromatic N) is 1. The third-order valence-electron chi connectivity index (χ3n) is 3.71. The third-order valence-corrected chi connectivity index (χ3v) is 3.71. The molecule has 1 amide bonds. The molecule has 0 saturated carbocycles. The number of benzene rings is 1. The predicted molar refractivity (Wildman–Crippen MR) is 97.7 cm³/mol. The molecule has 27 heavy (non-hydrogen) atoms. The fourth-order valence-corrected chi connectivity index (χ4v) is 2.31. The van der Waals surface area contributed by atoms with Crippen molar-refractivity contribution >= 4 is 5.91 Å². The van der Waals surface area contributed by atoms with E-state index in [9.17, 15) is 9.59 Å². The third kappa shape index (κ3) is 4.94. The lowest BCUT2D eigenvalue weighted by Gasteiger charge is -2.08. The van der Waals surface area contributed by atoms with E-state index in [0.29, 0.717) is 11.4 Å². The van der Waals surface area contributed by atoms with E-state index in [1.165, 1.54) is 0 Å². The van der Waals surface area contributed by atoms with Gasteiger partial charge in [-0.15, -0.1) is 0 Å². The number of carbonyl (C=O) groups is 1. The highest BCUT2D eigenvalue weighted by atomic mass is 16.5. The summed E-state index contributed by atoms with van der Waals surface area (Å²) in [7, 11) is 1.58. The molecule has 0 aliphatic heterocycles. The second-order valence-electron chi connectivity index (χ2n) is 5.62.